The van der Waals surface area contributed by atoms with Crippen LogP contribution in [0.3, 0.4) is 0 Å². The Morgan fingerprint density at radius 2 is 0.828 bits per heavy atom. The molecule has 0 amide bonds. The van der Waals surface area contributed by atoms with E-state index < -0.39 is 186 Å². The Balaban J connectivity index is 1.17. The highest BCUT2D eigenvalue weighted by Gasteiger charge is 2.56. The van der Waals surface area contributed by atoms with E-state index in [2.05, 4.69) is 0 Å². The van der Waals surface area contributed by atoms with Gasteiger partial charge >= 0.3 is 0 Å². The van der Waals surface area contributed by atoms with Gasteiger partial charge in [0.15, 0.2) is 25.2 Å². The summed E-state index contributed by atoms with van der Waals surface area (Å²) in [6.45, 7) is -4.11. The average Bonchev–Trinajstić information content (AvgIpc) is 3.29. The largest absolute Gasteiger partial charge is 0.497 e. The van der Waals surface area contributed by atoms with Crippen molar-refractivity contribution in [2.45, 2.75) is 153 Å². The minimum absolute atomic E-state index is 0.295. The molecular formula is C37H60N2O25. The molecule has 1 aromatic rings. The topological polar surface area (TPSA) is 437 Å². The molecule has 27 nitrogen and oxygen atoms in total. The maximum absolute atomic E-state index is 11.6. The number of benzene rings is 1. The second-order valence-electron chi connectivity index (χ2n) is 15.9. The Morgan fingerprint density at radius 1 is 0.422 bits per heavy atom. The summed E-state index contributed by atoms with van der Waals surface area (Å²) in [6, 6.07) is 3.49. The third-order valence-electron chi connectivity index (χ3n) is 11.8. The summed E-state index contributed by atoms with van der Waals surface area (Å²) in [5.74, 6) is 0.834. The molecule has 0 aliphatic carbocycles. The maximum atomic E-state index is 11.6. The number of hydrogen-bond donors (Lipinski definition) is 16. The van der Waals surface area contributed by atoms with E-state index in [0.717, 1.165) is 0 Å². The molecular weight excluding hydrogens is 872 g/mol. The van der Waals surface area contributed by atoms with Gasteiger partial charge in [0.2, 0.25) is 6.29 Å². The van der Waals surface area contributed by atoms with E-state index in [0.29, 0.717) is 11.5 Å². The van der Waals surface area contributed by atoms with Crippen LogP contribution < -0.4 is 20.9 Å². The second kappa shape index (κ2) is 22.3. The van der Waals surface area contributed by atoms with Gasteiger partial charge < -0.3 is 135 Å². The Labute approximate surface area is 364 Å². The van der Waals surface area contributed by atoms with Crippen LogP contribution in [0.1, 0.15) is 0 Å². The van der Waals surface area contributed by atoms with E-state index in [4.69, 9.17) is 63.6 Å². The van der Waals surface area contributed by atoms with Crippen molar-refractivity contribution < 1.29 is 124 Å². The first-order valence-electron chi connectivity index (χ1n) is 20.4. The minimum atomic E-state index is -2.11. The molecule has 1 aromatic carbocycles. The van der Waals surface area contributed by atoms with E-state index in [1.807, 2.05) is 0 Å². The fourth-order valence-electron chi connectivity index (χ4n) is 7.88. The smallest absolute Gasteiger partial charge is 0.218 e. The van der Waals surface area contributed by atoms with Gasteiger partial charge in [-0.15, -0.1) is 0 Å². The molecule has 5 fully saturated rings. The van der Waals surface area contributed by atoms with Crippen LogP contribution in [-0.4, -0.2) is 265 Å². The number of hydrogen-bond acceptors (Lipinski definition) is 27. The van der Waals surface area contributed by atoms with Crippen LogP contribution in [0.5, 0.6) is 11.5 Å². The number of methoxy groups -OCH3 is 1. The van der Waals surface area contributed by atoms with Crippen molar-refractivity contribution in [1.29, 1.82) is 0 Å². The Kier molecular flexibility index (Phi) is 17.8. The number of rotatable bonds is 16. The number of aliphatic hydroxyl groups is 14. The van der Waals surface area contributed by atoms with E-state index >= 15 is 0 Å². The molecule has 5 saturated heterocycles. The molecule has 368 valence electrons. The van der Waals surface area contributed by atoms with Crippen LogP contribution in [0, 0.1) is 0 Å². The van der Waals surface area contributed by atoms with Crippen LogP contribution in [-0.2, 0) is 42.6 Å². The number of ether oxygens (including phenoxy) is 11. The Morgan fingerprint density at radius 3 is 1.36 bits per heavy atom. The third-order valence-corrected chi connectivity index (χ3v) is 11.8. The SMILES string of the molecule is COc1ccc(O[C@@H]2O[C@H](CO)[C@@H](O[C@@H]3O[C@H](CO)[C@@H](O[C@@H]4O[C@H](CO[C@H]5O[C@H](CO)[C@@H](O)[C@H](O)[C@@H]5O)[C@@H](O)[C@H](O[C@H]5O[C@H](CO)[C@@H](O)[C@H](O)[C@@H]5O)[C@@H]4O)[C@H](O)[C@H]3N)[C@H](O)[C@H]2N)cc1. The zero-order valence-corrected chi connectivity index (χ0v) is 34.2. The molecule has 5 heterocycles. The lowest BCUT2D eigenvalue weighted by Crippen LogP contribution is -2.69. The summed E-state index contributed by atoms with van der Waals surface area (Å²) in [5.41, 5.74) is 12.6. The monoisotopic (exact) mass is 932 g/mol. The van der Waals surface area contributed by atoms with Crippen LogP contribution in [0.15, 0.2) is 24.3 Å². The summed E-state index contributed by atoms with van der Waals surface area (Å²) in [7, 11) is 1.48. The number of nitrogens with two attached hydrogens (primary N) is 2. The van der Waals surface area contributed by atoms with Gasteiger partial charge in [0.25, 0.3) is 0 Å². The molecule has 5 aliphatic heterocycles. The van der Waals surface area contributed by atoms with Crippen molar-refractivity contribution >= 4 is 0 Å². The second-order valence-corrected chi connectivity index (χ2v) is 15.9. The lowest BCUT2D eigenvalue weighted by Gasteiger charge is -2.49. The van der Waals surface area contributed by atoms with E-state index in [1.54, 1.807) is 24.3 Å². The first-order chi connectivity index (χ1) is 30.5. The van der Waals surface area contributed by atoms with Crippen LogP contribution in [0.4, 0.5) is 0 Å². The van der Waals surface area contributed by atoms with Gasteiger partial charge in [0, 0.05) is 0 Å². The highest BCUT2D eigenvalue weighted by molar-refractivity contribution is 5.31. The van der Waals surface area contributed by atoms with E-state index in [1.165, 1.54) is 7.11 Å². The van der Waals surface area contributed by atoms with Crippen molar-refractivity contribution in [3.05, 3.63) is 24.3 Å². The van der Waals surface area contributed by atoms with Crippen molar-refractivity contribution in [3.8, 4) is 11.5 Å². The predicted molar refractivity (Wildman–Crippen MR) is 202 cm³/mol. The molecule has 0 aromatic heterocycles. The van der Waals surface area contributed by atoms with Crippen LogP contribution in [0.2, 0.25) is 0 Å². The Hall–Kier alpha value is -2.18. The van der Waals surface area contributed by atoms with Gasteiger partial charge in [-0.1, -0.05) is 0 Å². The first-order valence-corrected chi connectivity index (χ1v) is 20.4. The summed E-state index contributed by atoms with van der Waals surface area (Å²) in [6.07, 6.45) is -40.0. The average molecular weight is 933 g/mol. The highest BCUT2D eigenvalue weighted by atomic mass is 16.8. The molecule has 0 radical (unpaired) electrons. The van der Waals surface area contributed by atoms with Gasteiger partial charge in [0.1, 0.15) is 121 Å². The highest BCUT2D eigenvalue weighted by Crippen LogP contribution is 2.35. The minimum Gasteiger partial charge on any atom is -0.497 e. The van der Waals surface area contributed by atoms with Gasteiger partial charge in [-0.2, -0.15) is 0 Å². The predicted octanol–water partition coefficient (Wildman–Crippen LogP) is -9.90. The summed E-state index contributed by atoms with van der Waals surface area (Å²) < 4.78 is 62.4. The van der Waals surface area contributed by atoms with Crippen molar-refractivity contribution in [2.24, 2.45) is 11.5 Å². The molecule has 0 spiro atoms. The molecule has 18 N–H and O–H groups in total. The van der Waals surface area contributed by atoms with Crippen molar-refractivity contribution in [1.82, 2.24) is 0 Å². The molecule has 27 heteroatoms. The molecule has 0 unspecified atom stereocenters. The van der Waals surface area contributed by atoms with E-state index in [9.17, 15) is 71.5 Å². The molecule has 6 rings (SSSR count). The van der Waals surface area contributed by atoms with Crippen molar-refractivity contribution in [2.75, 3.05) is 40.1 Å². The number of aliphatic hydroxyl groups excluding tert-OH is 14. The maximum Gasteiger partial charge on any atom is 0.218 e. The third kappa shape index (κ3) is 10.7. The summed E-state index contributed by atoms with van der Waals surface area (Å²) in [4.78, 5) is 0. The van der Waals surface area contributed by atoms with Gasteiger partial charge in [-0.25, -0.2) is 0 Å². The fraction of sp³-hybridized carbons (Fsp3) is 0.838. The normalized spacial score (nSPS) is 47.9. The van der Waals surface area contributed by atoms with Gasteiger partial charge in [-0.05, 0) is 24.3 Å². The first kappa shape index (κ1) is 51.2. The molecule has 0 bridgehead atoms. The zero-order valence-electron chi connectivity index (χ0n) is 34.2. The van der Waals surface area contributed by atoms with Crippen molar-refractivity contribution in [3.63, 3.8) is 0 Å². The standard InChI is InChI=1S/C37H60N2O25/c1-54-11-2-4-12(5-3-11)56-33-18(38)23(47)30(15(8-42)59-33)62-34-19(39)24(48)31(16(9-43)60-34)63-37-29(53)32(64-36-28(52)26(50)21(45)14(7-41)58-36)22(46)17(61-37)10-55-35-27(51)25(49)20(44)13(6-40)57-35/h2-5,13-37,40-53H,6-10,38-39H2,1H3/t13-,14-,15-,16-,17-,18-,19-,20-,21-,22-,23-,24-,25+,26+,27+,28+,29+,30-,31-,32+,33-,34+,35+,36-,37+/m1/s1. The fourth-order valence-corrected chi connectivity index (χ4v) is 7.88. The van der Waals surface area contributed by atoms with Gasteiger partial charge in [0.05, 0.1) is 52.2 Å². The quantitative estimate of drug-likeness (QED) is 0.0732. The van der Waals surface area contributed by atoms with Gasteiger partial charge in [-0.3, -0.25) is 0 Å². The van der Waals surface area contributed by atoms with E-state index in [-0.39, 0.29) is 0 Å². The lowest BCUT2D eigenvalue weighted by atomic mass is 9.94. The molecule has 64 heavy (non-hydrogen) atoms. The Bertz CT molecular complexity index is 1570. The molecule has 25 atom stereocenters. The molecule has 5 aliphatic rings. The summed E-state index contributed by atoms with van der Waals surface area (Å²) >= 11 is 0. The summed E-state index contributed by atoms with van der Waals surface area (Å²) in [5, 5.41) is 148. The molecule has 0 saturated carbocycles. The zero-order chi connectivity index (χ0) is 46.7. The van der Waals surface area contributed by atoms with Crippen LogP contribution in [0.25, 0.3) is 0 Å². The lowest BCUT2D eigenvalue weighted by molar-refractivity contribution is -0.383. The van der Waals surface area contributed by atoms with Crippen LogP contribution >= 0.6 is 0 Å².